The summed E-state index contributed by atoms with van der Waals surface area (Å²) in [6, 6.07) is 9.86. The van der Waals surface area contributed by atoms with Crippen LogP contribution in [0.4, 0.5) is 5.82 Å². The van der Waals surface area contributed by atoms with Gasteiger partial charge in [0.15, 0.2) is 5.82 Å². The lowest BCUT2D eigenvalue weighted by Gasteiger charge is -2.14. The van der Waals surface area contributed by atoms with Crippen molar-refractivity contribution in [3.8, 4) is 5.75 Å². The van der Waals surface area contributed by atoms with E-state index in [1.54, 1.807) is 6.07 Å². The molecular formula is C13H14N4O3S. The van der Waals surface area contributed by atoms with Gasteiger partial charge in [-0.25, -0.2) is 19.2 Å². The largest absolute Gasteiger partial charge is 0.491 e. The van der Waals surface area contributed by atoms with Crippen molar-refractivity contribution in [3.05, 3.63) is 48.2 Å². The van der Waals surface area contributed by atoms with E-state index in [2.05, 4.69) is 15.1 Å². The van der Waals surface area contributed by atoms with Crippen LogP contribution in [0.2, 0.25) is 0 Å². The fourth-order valence-electron chi connectivity index (χ4n) is 2.23. The van der Waals surface area contributed by atoms with Crippen molar-refractivity contribution in [2.45, 2.75) is 10.9 Å². The summed E-state index contributed by atoms with van der Waals surface area (Å²) < 4.78 is 33.0. The van der Waals surface area contributed by atoms with E-state index in [0.29, 0.717) is 5.75 Å². The number of fused-ring (bicyclic) bond motifs is 1. The number of anilines is 1. The average Bonchev–Trinajstić information content (AvgIpc) is 2.90. The Hall–Kier alpha value is -2.16. The molecule has 1 aliphatic heterocycles. The van der Waals surface area contributed by atoms with Crippen LogP contribution in [0.15, 0.2) is 47.5 Å². The van der Waals surface area contributed by atoms with Crippen LogP contribution in [-0.4, -0.2) is 20.0 Å². The van der Waals surface area contributed by atoms with Crippen molar-refractivity contribution in [1.29, 1.82) is 0 Å². The summed E-state index contributed by atoms with van der Waals surface area (Å²) >= 11 is 0. The Kier molecular flexibility index (Phi) is 3.50. The van der Waals surface area contributed by atoms with E-state index < -0.39 is 16.1 Å². The van der Waals surface area contributed by atoms with Gasteiger partial charge in [-0.2, -0.15) is 4.72 Å². The Balaban J connectivity index is 1.91. The number of hydrogen-bond acceptors (Lipinski definition) is 6. The van der Waals surface area contributed by atoms with Crippen molar-refractivity contribution in [2.24, 2.45) is 5.84 Å². The van der Waals surface area contributed by atoms with Gasteiger partial charge < -0.3 is 10.2 Å². The number of nitrogens with one attached hydrogen (secondary N) is 2. The number of rotatable bonds is 4. The number of benzene rings is 1. The Morgan fingerprint density at radius 1 is 1.24 bits per heavy atom. The zero-order chi connectivity index (χ0) is 14.9. The quantitative estimate of drug-likeness (QED) is 0.569. The van der Waals surface area contributed by atoms with E-state index in [9.17, 15) is 8.42 Å². The summed E-state index contributed by atoms with van der Waals surface area (Å²) in [7, 11) is -3.76. The van der Waals surface area contributed by atoms with Gasteiger partial charge in [0.2, 0.25) is 10.0 Å². The van der Waals surface area contributed by atoms with Crippen molar-refractivity contribution in [2.75, 3.05) is 12.0 Å². The lowest BCUT2D eigenvalue weighted by atomic mass is 10.1. The number of ether oxygens (including phenoxy) is 1. The molecule has 0 bridgehead atoms. The fraction of sp³-hybridized carbons (Fsp3) is 0.154. The molecule has 0 radical (unpaired) electrons. The normalized spacial score (nSPS) is 17.1. The minimum absolute atomic E-state index is 0.00289. The fourth-order valence-corrected chi connectivity index (χ4v) is 3.55. The third-order valence-corrected chi connectivity index (χ3v) is 4.70. The first-order valence-electron chi connectivity index (χ1n) is 6.27. The van der Waals surface area contributed by atoms with Crippen LogP contribution in [0.25, 0.3) is 0 Å². The van der Waals surface area contributed by atoms with Gasteiger partial charge in [-0.3, -0.25) is 0 Å². The molecule has 21 heavy (non-hydrogen) atoms. The molecule has 1 aromatic carbocycles. The van der Waals surface area contributed by atoms with Gasteiger partial charge in [0.25, 0.3) is 0 Å². The van der Waals surface area contributed by atoms with E-state index in [4.69, 9.17) is 10.6 Å². The number of nitrogens with two attached hydrogens (primary N) is 1. The van der Waals surface area contributed by atoms with Crippen LogP contribution < -0.4 is 20.7 Å². The second kappa shape index (κ2) is 5.32. The number of sulfonamides is 1. The Bertz CT molecular complexity index is 764. The van der Waals surface area contributed by atoms with Crippen LogP contribution in [0.3, 0.4) is 0 Å². The number of nitrogens with zero attached hydrogens (tertiary/aromatic N) is 1. The minimum Gasteiger partial charge on any atom is -0.491 e. The summed E-state index contributed by atoms with van der Waals surface area (Å²) in [5.41, 5.74) is 3.10. The number of pyridine rings is 1. The van der Waals surface area contributed by atoms with Crippen LogP contribution in [-0.2, 0) is 10.0 Å². The Morgan fingerprint density at radius 2 is 2.05 bits per heavy atom. The molecule has 0 fully saturated rings. The van der Waals surface area contributed by atoms with Gasteiger partial charge in [0.05, 0.1) is 6.04 Å². The third kappa shape index (κ3) is 2.56. The Morgan fingerprint density at radius 3 is 2.86 bits per heavy atom. The SMILES string of the molecule is NNc1ncccc1S(=O)(=O)NC1COc2ccccc21. The number of nitrogen functional groups attached to an aromatic ring is 1. The zero-order valence-corrected chi connectivity index (χ0v) is 11.8. The highest BCUT2D eigenvalue weighted by Crippen LogP contribution is 2.33. The van der Waals surface area contributed by atoms with Gasteiger partial charge >= 0.3 is 0 Å². The molecule has 4 N–H and O–H groups in total. The number of hydrogen-bond donors (Lipinski definition) is 3. The van der Waals surface area contributed by atoms with Gasteiger partial charge in [-0.1, -0.05) is 18.2 Å². The van der Waals surface area contributed by atoms with E-state index in [1.165, 1.54) is 18.3 Å². The number of hydrazine groups is 1. The molecule has 0 aliphatic carbocycles. The molecule has 1 unspecified atom stereocenters. The molecule has 2 heterocycles. The molecule has 0 amide bonds. The molecule has 7 nitrogen and oxygen atoms in total. The van der Waals surface area contributed by atoms with Crippen LogP contribution >= 0.6 is 0 Å². The molecule has 0 saturated carbocycles. The minimum atomic E-state index is -3.76. The van der Waals surface area contributed by atoms with Crippen LogP contribution in [0, 0.1) is 0 Å². The second-order valence-corrected chi connectivity index (χ2v) is 6.20. The second-order valence-electron chi connectivity index (χ2n) is 4.52. The molecule has 3 rings (SSSR count). The monoisotopic (exact) mass is 306 g/mol. The summed E-state index contributed by atoms with van der Waals surface area (Å²) in [5, 5.41) is 0. The van der Waals surface area contributed by atoms with E-state index >= 15 is 0 Å². The molecule has 110 valence electrons. The van der Waals surface area contributed by atoms with Crippen LogP contribution in [0.1, 0.15) is 11.6 Å². The molecular weight excluding hydrogens is 292 g/mol. The Labute approximate surface area is 122 Å². The van der Waals surface area contributed by atoms with Crippen molar-refractivity contribution in [1.82, 2.24) is 9.71 Å². The summed E-state index contributed by atoms with van der Waals surface area (Å²) in [5.74, 6) is 6.09. The summed E-state index contributed by atoms with van der Waals surface area (Å²) in [6.45, 7) is 0.254. The molecule has 2 aromatic rings. The molecule has 8 heteroatoms. The standard InChI is InChI=1S/C13H14N4O3S/c14-16-13-12(6-3-7-15-13)21(18,19)17-10-8-20-11-5-2-1-4-9(10)11/h1-7,10,17H,8,14H2,(H,15,16). The van der Waals surface area contributed by atoms with Gasteiger partial charge in [0, 0.05) is 11.8 Å². The van der Waals surface area contributed by atoms with Crippen molar-refractivity contribution in [3.63, 3.8) is 0 Å². The smallest absolute Gasteiger partial charge is 0.244 e. The lowest BCUT2D eigenvalue weighted by molar-refractivity contribution is 0.325. The highest BCUT2D eigenvalue weighted by Gasteiger charge is 2.29. The average molecular weight is 306 g/mol. The first kappa shape index (κ1) is 13.8. The molecule has 0 saturated heterocycles. The maximum Gasteiger partial charge on any atom is 0.244 e. The molecule has 1 atom stereocenters. The van der Waals surface area contributed by atoms with E-state index in [1.807, 2.05) is 18.2 Å². The van der Waals surface area contributed by atoms with Crippen molar-refractivity contribution < 1.29 is 13.2 Å². The van der Waals surface area contributed by atoms with E-state index in [0.717, 1.165) is 5.56 Å². The molecule has 0 spiro atoms. The maximum absolute atomic E-state index is 12.5. The highest BCUT2D eigenvalue weighted by molar-refractivity contribution is 7.89. The number of aromatic nitrogens is 1. The van der Waals surface area contributed by atoms with Gasteiger partial charge in [-0.15, -0.1) is 0 Å². The predicted molar refractivity (Wildman–Crippen MR) is 77.0 cm³/mol. The first-order chi connectivity index (χ1) is 10.1. The summed E-state index contributed by atoms with van der Waals surface area (Å²) in [6.07, 6.45) is 1.46. The maximum atomic E-state index is 12.5. The number of para-hydroxylation sites is 1. The first-order valence-corrected chi connectivity index (χ1v) is 7.76. The summed E-state index contributed by atoms with van der Waals surface area (Å²) in [4.78, 5) is 3.89. The van der Waals surface area contributed by atoms with E-state index in [-0.39, 0.29) is 17.3 Å². The molecule has 1 aromatic heterocycles. The van der Waals surface area contributed by atoms with Crippen LogP contribution in [0.5, 0.6) is 5.75 Å². The predicted octanol–water partition coefficient (Wildman–Crippen LogP) is 0.779. The van der Waals surface area contributed by atoms with Gasteiger partial charge in [0.1, 0.15) is 17.3 Å². The zero-order valence-electron chi connectivity index (χ0n) is 11.0. The van der Waals surface area contributed by atoms with Gasteiger partial charge in [-0.05, 0) is 18.2 Å². The topological polar surface area (TPSA) is 106 Å². The lowest BCUT2D eigenvalue weighted by Crippen LogP contribution is -2.30. The third-order valence-electron chi connectivity index (χ3n) is 3.19. The van der Waals surface area contributed by atoms with Crippen molar-refractivity contribution >= 4 is 15.8 Å². The highest BCUT2D eigenvalue weighted by atomic mass is 32.2. The molecule has 1 aliphatic rings.